The summed E-state index contributed by atoms with van der Waals surface area (Å²) in [5, 5.41) is 0. The van der Waals surface area contributed by atoms with Crippen LogP contribution in [-0.4, -0.2) is 18.1 Å². The molecular formula is C13H21N3. The average Bonchev–Trinajstić information content (AvgIpc) is 2.13. The number of pyridine rings is 1. The predicted molar refractivity (Wildman–Crippen MR) is 67.6 cm³/mol. The van der Waals surface area contributed by atoms with Gasteiger partial charge in [0.05, 0.1) is 0 Å². The Kier molecular flexibility index (Phi) is 3.15. The van der Waals surface area contributed by atoms with Gasteiger partial charge in [0.2, 0.25) is 0 Å². The Labute approximate surface area is 97.7 Å². The fourth-order valence-corrected chi connectivity index (χ4v) is 2.37. The molecular weight excluding hydrogens is 198 g/mol. The van der Waals surface area contributed by atoms with Crippen molar-refractivity contribution in [2.24, 2.45) is 5.73 Å². The fraction of sp³-hybridized carbons (Fsp3) is 0.615. The van der Waals surface area contributed by atoms with Crippen LogP contribution >= 0.6 is 0 Å². The molecule has 0 unspecified atom stereocenters. The minimum absolute atomic E-state index is 0.575. The van der Waals surface area contributed by atoms with Crippen LogP contribution in [0, 0.1) is 13.8 Å². The number of aryl methyl sites for hydroxylation is 2. The molecule has 0 aromatic carbocycles. The van der Waals surface area contributed by atoms with E-state index in [1.807, 2.05) is 13.8 Å². The first-order valence-corrected chi connectivity index (χ1v) is 6.03. The Balaban J connectivity index is 2.36. The van der Waals surface area contributed by atoms with E-state index in [4.69, 9.17) is 5.73 Å². The SMILES string of the molecule is Cc1cc(N(C)C2CCC2)c(CN)c(C)n1. The van der Waals surface area contributed by atoms with Gasteiger partial charge in [-0.1, -0.05) is 0 Å². The standard InChI is InChI=1S/C13H21N3/c1-9-7-13(12(8-14)10(2)15-9)16(3)11-5-4-6-11/h7,11H,4-6,8,14H2,1-3H3. The van der Waals surface area contributed by atoms with Gasteiger partial charge in [0, 0.05) is 42.3 Å². The maximum Gasteiger partial charge on any atom is 0.0448 e. The lowest BCUT2D eigenvalue weighted by Crippen LogP contribution is -2.38. The molecule has 1 aliphatic rings. The average molecular weight is 219 g/mol. The molecule has 1 saturated carbocycles. The van der Waals surface area contributed by atoms with E-state index in [0.717, 1.165) is 11.4 Å². The first-order chi connectivity index (χ1) is 7.63. The maximum absolute atomic E-state index is 5.83. The summed E-state index contributed by atoms with van der Waals surface area (Å²) in [6.45, 7) is 4.67. The Morgan fingerprint density at radius 1 is 1.44 bits per heavy atom. The van der Waals surface area contributed by atoms with Gasteiger partial charge < -0.3 is 10.6 Å². The van der Waals surface area contributed by atoms with Crippen molar-refractivity contribution in [2.45, 2.75) is 45.7 Å². The molecule has 1 heterocycles. The molecule has 0 bridgehead atoms. The van der Waals surface area contributed by atoms with Crippen molar-refractivity contribution < 1.29 is 0 Å². The summed E-state index contributed by atoms with van der Waals surface area (Å²) in [6.07, 6.45) is 3.97. The zero-order valence-corrected chi connectivity index (χ0v) is 10.5. The molecule has 2 N–H and O–H groups in total. The fourth-order valence-electron chi connectivity index (χ4n) is 2.37. The molecule has 1 aliphatic carbocycles. The lowest BCUT2D eigenvalue weighted by Gasteiger charge is -2.37. The summed E-state index contributed by atoms with van der Waals surface area (Å²) in [5.41, 5.74) is 10.5. The lowest BCUT2D eigenvalue weighted by atomic mass is 9.91. The van der Waals surface area contributed by atoms with Crippen LogP contribution in [-0.2, 0) is 6.54 Å². The summed E-state index contributed by atoms with van der Waals surface area (Å²) in [4.78, 5) is 6.87. The summed E-state index contributed by atoms with van der Waals surface area (Å²) in [6, 6.07) is 2.86. The molecule has 88 valence electrons. The zero-order valence-electron chi connectivity index (χ0n) is 10.5. The van der Waals surface area contributed by atoms with E-state index >= 15 is 0 Å². The minimum Gasteiger partial charge on any atom is -0.371 e. The van der Waals surface area contributed by atoms with Gasteiger partial charge in [0.25, 0.3) is 0 Å². The number of nitrogens with zero attached hydrogens (tertiary/aromatic N) is 2. The van der Waals surface area contributed by atoms with E-state index in [1.165, 1.54) is 30.5 Å². The third-order valence-corrected chi connectivity index (χ3v) is 3.64. The van der Waals surface area contributed by atoms with Crippen LogP contribution in [0.1, 0.15) is 36.2 Å². The van der Waals surface area contributed by atoms with Crippen molar-refractivity contribution in [3.05, 3.63) is 23.0 Å². The van der Waals surface area contributed by atoms with Gasteiger partial charge >= 0.3 is 0 Å². The lowest BCUT2D eigenvalue weighted by molar-refractivity contribution is 0.400. The van der Waals surface area contributed by atoms with Crippen LogP contribution < -0.4 is 10.6 Å². The Morgan fingerprint density at radius 3 is 2.62 bits per heavy atom. The van der Waals surface area contributed by atoms with Crippen molar-refractivity contribution in [3.8, 4) is 0 Å². The largest absolute Gasteiger partial charge is 0.371 e. The molecule has 1 aromatic rings. The topological polar surface area (TPSA) is 42.1 Å². The summed E-state index contributed by atoms with van der Waals surface area (Å²) < 4.78 is 0. The summed E-state index contributed by atoms with van der Waals surface area (Å²) in [5.74, 6) is 0. The normalized spacial score (nSPS) is 16.0. The van der Waals surface area contributed by atoms with Crippen molar-refractivity contribution in [1.82, 2.24) is 4.98 Å². The minimum atomic E-state index is 0.575. The summed E-state index contributed by atoms with van der Waals surface area (Å²) >= 11 is 0. The van der Waals surface area contributed by atoms with Crippen molar-refractivity contribution in [1.29, 1.82) is 0 Å². The van der Waals surface area contributed by atoms with Gasteiger partial charge in [0.1, 0.15) is 0 Å². The Bertz CT molecular complexity index is 383. The molecule has 1 aromatic heterocycles. The Morgan fingerprint density at radius 2 is 2.12 bits per heavy atom. The number of aromatic nitrogens is 1. The van der Waals surface area contributed by atoms with E-state index in [0.29, 0.717) is 12.6 Å². The van der Waals surface area contributed by atoms with E-state index in [-0.39, 0.29) is 0 Å². The molecule has 0 amide bonds. The number of anilines is 1. The molecule has 1 fully saturated rings. The number of hydrogen-bond acceptors (Lipinski definition) is 3. The molecule has 16 heavy (non-hydrogen) atoms. The highest BCUT2D eigenvalue weighted by molar-refractivity contribution is 5.56. The molecule has 2 rings (SSSR count). The van der Waals surface area contributed by atoms with E-state index in [2.05, 4.69) is 23.0 Å². The van der Waals surface area contributed by atoms with Gasteiger partial charge in [-0.25, -0.2) is 0 Å². The monoisotopic (exact) mass is 219 g/mol. The zero-order chi connectivity index (χ0) is 11.7. The maximum atomic E-state index is 5.83. The van der Waals surface area contributed by atoms with E-state index in [9.17, 15) is 0 Å². The highest BCUT2D eigenvalue weighted by Gasteiger charge is 2.24. The first-order valence-electron chi connectivity index (χ1n) is 6.03. The van der Waals surface area contributed by atoms with Crippen LogP contribution in [0.25, 0.3) is 0 Å². The number of hydrogen-bond donors (Lipinski definition) is 1. The van der Waals surface area contributed by atoms with Crippen LogP contribution in [0.2, 0.25) is 0 Å². The highest BCUT2D eigenvalue weighted by Crippen LogP contribution is 2.31. The van der Waals surface area contributed by atoms with Crippen LogP contribution in [0.5, 0.6) is 0 Å². The van der Waals surface area contributed by atoms with Crippen LogP contribution in [0.15, 0.2) is 6.07 Å². The van der Waals surface area contributed by atoms with Crippen molar-refractivity contribution in [2.75, 3.05) is 11.9 Å². The van der Waals surface area contributed by atoms with E-state index in [1.54, 1.807) is 0 Å². The Hall–Kier alpha value is -1.09. The van der Waals surface area contributed by atoms with Gasteiger partial charge in [-0.05, 0) is 39.2 Å². The second-order valence-corrected chi connectivity index (χ2v) is 4.75. The third-order valence-electron chi connectivity index (χ3n) is 3.64. The second kappa shape index (κ2) is 4.42. The van der Waals surface area contributed by atoms with Gasteiger partial charge in [-0.3, -0.25) is 4.98 Å². The summed E-state index contributed by atoms with van der Waals surface area (Å²) in [7, 11) is 2.18. The smallest absolute Gasteiger partial charge is 0.0448 e. The van der Waals surface area contributed by atoms with Gasteiger partial charge in [-0.15, -0.1) is 0 Å². The van der Waals surface area contributed by atoms with Crippen LogP contribution in [0.4, 0.5) is 5.69 Å². The molecule has 0 spiro atoms. The molecule has 0 aliphatic heterocycles. The molecule has 0 radical (unpaired) electrons. The first kappa shape index (κ1) is 11.4. The molecule has 3 heteroatoms. The molecule has 0 atom stereocenters. The second-order valence-electron chi connectivity index (χ2n) is 4.75. The molecule has 0 saturated heterocycles. The van der Waals surface area contributed by atoms with E-state index < -0.39 is 0 Å². The van der Waals surface area contributed by atoms with Crippen LogP contribution in [0.3, 0.4) is 0 Å². The van der Waals surface area contributed by atoms with Gasteiger partial charge in [0.15, 0.2) is 0 Å². The highest BCUT2D eigenvalue weighted by atomic mass is 15.1. The van der Waals surface area contributed by atoms with Crippen molar-refractivity contribution in [3.63, 3.8) is 0 Å². The number of nitrogens with two attached hydrogens (primary N) is 1. The third kappa shape index (κ3) is 1.92. The quantitative estimate of drug-likeness (QED) is 0.847. The van der Waals surface area contributed by atoms with Crippen molar-refractivity contribution >= 4 is 5.69 Å². The predicted octanol–water partition coefficient (Wildman–Crippen LogP) is 2.15. The van der Waals surface area contributed by atoms with Gasteiger partial charge in [-0.2, -0.15) is 0 Å². The molecule has 3 nitrogen and oxygen atoms in total. The number of rotatable bonds is 3.